The SMILES string of the molecule is Cc1ccccc1-c1cc(C(=O)N(CC#N)CC#N)c2cnn(C(C)C)c2n1. The number of aromatic nitrogens is 3. The van der Waals surface area contributed by atoms with Gasteiger partial charge in [0.1, 0.15) is 13.1 Å². The van der Waals surface area contributed by atoms with Gasteiger partial charge in [0.25, 0.3) is 5.91 Å². The number of aryl methyl sites for hydroxylation is 1. The number of rotatable bonds is 5. The third-order valence-corrected chi connectivity index (χ3v) is 4.52. The van der Waals surface area contributed by atoms with Gasteiger partial charge in [-0.2, -0.15) is 15.6 Å². The molecule has 1 amide bonds. The lowest BCUT2D eigenvalue weighted by Gasteiger charge is -2.17. The van der Waals surface area contributed by atoms with E-state index in [9.17, 15) is 4.79 Å². The third kappa shape index (κ3) is 3.43. The van der Waals surface area contributed by atoms with Crippen molar-refractivity contribution >= 4 is 16.9 Å². The van der Waals surface area contributed by atoms with E-state index in [2.05, 4.69) is 5.10 Å². The molecule has 0 unspecified atom stereocenters. The van der Waals surface area contributed by atoms with Crippen LogP contribution in [0.2, 0.25) is 0 Å². The number of carbonyl (C=O) groups excluding carboxylic acids is 1. The monoisotopic (exact) mass is 372 g/mol. The zero-order chi connectivity index (χ0) is 20.3. The van der Waals surface area contributed by atoms with Crippen LogP contribution in [0.15, 0.2) is 36.5 Å². The topological polar surface area (TPSA) is 98.6 Å². The summed E-state index contributed by atoms with van der Waals surface area (Å²) in [6, 6.07) is 13.5. The number of hydrogen-bond acceptors (Lipinski definition) is 5. The Labute approximate surface area is 163 Å². The maximum Gasteiger partial charge on any atom is 0.256 e. The lowest BCUT2D eigenvalue weighted by Crippen LogP contribution is -2.32. The molecule has 3 aromatic rings. The van der Waals surface area contributed by atoms with Crippen molar-refractivity contribution in [3.8, 4) is 23.4 Å². The first kappa shape index (κ1) is 19.1. The first-order valence-corrected chi connectivity index (χ1v) is 8.95. The zero-order valence-corrected chi connectivity index (χ0v) is 16.0. The van der Waals surface area contributed by atoms with Crippen molar-refractivity contribution in [1.82, 2.24) is 19.7 Å². The molecule has 3 rings (SSSR count). The van der Waals surface area contributed by atoms with Crippen LogP contribution in [0.3, 0.4) is 0 Å². The van der Waals surface area contributed by atoms with Gasteiger partial charge in [-0.1, -0.05) is 24.3 Å². The number of benzene rings is 1. The summed E-state index contributed by atoms with van der Waals surface area (Å²) in [5.74, 6) is -0.381. The van der Waals surface area contributed by atoms with Crippen LogP contribution in [0, 0.1) is 29.6 Å². The number of amides is 1. The minimum atomic E-state index is -0.381. The van der Waals surface area contributed by atoms with E-state index < -0.39 is 0 Å². The van der Waals surface area contributed by atoms with E-state index in [1.807, 2.05) is 57.2 Å². The van der Waals surface area contributed by atoms with E-state index >= 15 is 0 Å². The fourth-order valence-electron chi connectivity index (χ4n) is 3.11. The molecule has 2 aromatic heterocycles. The molecule has 0 atom stereocenters. The molecule has 0 N–H and O–H groups in total. The molecule has 0 fully saturated rings. The van der Waals surface area contributed by atoms with Crippen molar-refractivity contribution in [3.05, 3.63) is 47.7 Å². The van der Waals surface area contributed by atoms with Crippen molar-refractivity contribution in [2.24, 2.45) is 0 Å². The Morgan fingerprint density at radius 3 is 2.50 bits per heavy atom. The Kier molecular flexibility index (Phi) is 5.37. The van der Waals surface area contributed by atoms with Crippen molar-refractivity contribution in [3.63, 3.8) is 0 Å². The summed E-state index contributed by atoms with van der Waals surface area (Å²) in [4.78, 5) is 19.2. The molecule has 0 bridgehead atoms. The minimum absolute atomic E-state index is 0.0643. The summed E-state index contributed by atoms with van der Waals surface area (Å²) in [6.07, 6.45) is 1.62. The zero-order valence-electron chi connectivity index (χ0n) is 16.0. The van der Waals surface area contributed by atoms with Crippen LogP contribution in [0.4, 0.5) is 0 Å². The molecule has 7 heteroatoms. The quantitative estimate of drug-likeness (QED) is 0.639. The molecule has 0 saturated heterocycles. The van der Waals surface area contributed by atoms with Gasteiger partial charge in [-0.15, -0.1) is 0 Å². The largest absolute Gasteiger partial charge is 0.312 e. The van der Waals surface area contributed by atoms with Gasteiger partial charge < -0.3 is 4.90 Å². The van der Waals surface area contributed by atoms with E-state index in [0.29, 0.717) is 22.3 Å². The van der Waals surface area contributed by atoms with Gasteiger partial charge in [-0.25, -0.2) is 9.67 Å². The number of nitrogens with zero attached hydrogens (tertiary/aromatic N) is 6. The average molecular weight is 372 g/mol. The highest BCUT2D eigenvalue weighted by Crippen LogP contribution is 2.28. The average Bonchev–Trinajstić information content (AvgIpc) is 3.11. The molecule has 7 nitrogen and oxygen atoms in total. The standard InChI is InChI=1S/C21H20N6O/c1-14(2)27-20-18(13-24-27)17(21(28)26(10-8-22)11-9-23)12-19(25-20)16-7-5-4-6-15(16)3/h4-7,12-14H,10-11H2,1-3H3. The number of pyridine rings is 1. The first-order valence-electron chi connectivity index (χ1n) is 8.95. The van der Waals surface area contributed by atoms with Crippen LogP contribution < -0.4 is 0 Å². The summed E-state index contributed by atoms with van der Waals surface area (Å²) in [5.41, 5.74) is 3.61. The smallest absolute Gasteiger partial charge is 0.256 e. The molecular weight excluding hydrogens is 352 g/mol. The van der Waals surface area contributed by atoms with E-state index in [4.69, 9.17) is 15.5 Å². The van der Waals surface area contributed by atoms with E-state index in [-0.39, 0.29) is 25.0 Å². The highest BCUT2D eigenvalue weighted by atomic mass is 16.2. The first-order chi connectivity index (χ1) is 13.5. The summed E-state index contributed by atoms with van der Waals surface area (Å²) in [5, 5.41) is 23.1. The molecule has 0 aliphatic heterocycles. The Hall–Kier alpha value is -3.71. The maximum atomic E-state index is 13.1. The van der Waals surface area contributed by atoms with Gasteiger partial charge in [0, 0.05) is 11.6 Å². The van der Waals surface area contributed by atoms with Gasteiger partial charge in [0.05, 0.1) is 35.0 Å². The van der Waals surface area contributed by atoms with Crippen LogP contribution in [0.5, 0.6) is 0 Å². The molecule has 2 heterocycles. The lowest BCUT2D eigenvalue weighted by molar-refractivity contribution is 0.0796. The van der Waals surface area contributed by atoms with Crippen LogP contribution in [0.1, 0.15) is 35.8 Å². The van der Waals surface area contributed by atoms with Gasteiger partial charge >= 0.3 is 0 Å². The normalized spacial score (nSPS) is 10.6. The van der Waals surface area contributed by atoms with E-state index in [1.54, 1.807) is 16.9 Å². The number of fused-ring (bicyclic) bond motifs is 1. The molecule has 1 aromatic carbocycles. The molecule has 0 radical (unpaired) electrons. The summed E-state index contributed by atoms with van der Waals surface area (Å²) in [7, 11) is 0. The fourth-order valence-corrected chi connectivity index (χ4v) is 3.11. The third-order valence-electron chi connectivity index (χ3n) is 4.52. The predicted octanol–water partition coefficient (Wildman–Crippen LogP) is 3.48. The lowest BCUT2D eigenvalue weighted by atomic mass is 10.0. The van der Waals surface area contributed by atoms with Crippen molar-refractivity contribution in [2.45, 2.75) is 26.8 Å². The number of nitriles is 2. The van der Waals surface area contributed by atoms with Gasteiger partial charge in [0.2, 0.25) is 0 Å². The molecule has 0 aliphatic carbocycles. The summed E-state index contributed by atoms with van der Waals surface area (Å²) < 4.78 is 1.77. The second-order valence-electron chi connectivity index (χ2n) is 6.77. The van der Waals surface area contributed by atoms with Crippen molar-refractivity contribution in [1.29, 1.82) is 10.5 Å². The van der Waals surface area contributed by atoms with Crippen LogP contribution in [-0.4, -0.2) is 38.7 Å². The minimum Gasteiger partial charge on any atom is -0.312 e. The van der Waals surface area contributed by atoms with Crippen LogP contribution >= 0.6 is 0 Å². The molecule has 0 saturated carbocycles. The van der Waals surface area contributed by atoms with Gasteiger partial charge in [-0.05, 0) is 32.4 Å². The van der Waals surface area contributed by atoms with Gasteiger partial charge in [-0.3, -0.25) is 4.79 Å². The van der Waals surface area contributed by atoms with E-state index in [1.165, 1.54) is 4.90 Å². The fraction of sp³-hybridized carbons (Fsp3) is 0.286. The summed E-state index contributed by atoms with van der Waals surface area (Å²) in [6.45, 7) is 5.66. The molecule has 0 aliphatic rings. The van der Waals surface area contributed by atoms with Crippen LogP contribution in [0.25, 0.3) is 22.3 Å². The molecular formula is C21H20N6O. The van der Waals surface area contributed by atoms with Gasteiger partial charge in [0.15, 0.2) is 5.65 Å². The highest BCUT2D eigenvalue weighted by Gasteiger charge is 2.22. The maximum absolute atomic E-state index is 13.1. The summed E-state index contributed by atoms with van der Waals surface area (Å²) >= 11 is 0. The Bertz CT molecular complexity index is 1100. The number of carbonyl (C=O) groups is 1. The molecule has 0 spiro atoms. The Morgan fingerprint density at radius 1 is 1.21 bits per heavy atom. The molecule has 28 heavy (non-hydrogen) atoms. The predicted molar refractivity (Wildman–Crippen MR) is 105 cm³/mol. The Balaban J connectivity index is 2.27. The molecule has 140 valence electrons. The van der Waals surface area contributed by atoms with E-state index in [0.717, 1.165) is 11.1 Å². The Morgan fingerprint density at radius 2 is 1.89 bits per heavy atom. The van der Waals surface area contributed by atoms with Crippen LogP contribution in [-0.2, 0) is 0 Å². The van der Waals surface area contributed by atoms with Crippen molar-refractivity contribution < 1.29 is 4.79 Å². The number of hydrogen-bond donors (Lipinski definition) is 0. The second-order valence-corrected chi connectivity index (χ2v) is 6.77. The highest BCUT2D eigenvalue weighted by molar-refractivity contribution is 6.06. The van der Waals surface area contributed by atoms with Crippen molar-refractivity contribution in [2.75, 3.05) is 13.1 Å². The second kappa shape index (κ2) is 7.89.